The number of hydrogen-bond donors (Lipinski definition) is 1. The zero-order valence-electron chi connectivity index (χ0n) is 14.8. The maximum Gasteiger partial charge on any atom is 0.339 e. The van der Waals surface area contributed by atoms with Crippen LogP contribution in [0.3, 0.4) is 0 Å². The van der Waals surface area contributed by atoms with Crippen molar-refractivity contribution in [2.75, 3.05) is 5.73 Å². The molecule has 2 N–H and O–H groups in total. The highest BCUT2D eigenvalue weighted by Gasteiger charge is 2.34. The van der Waals surface area contributed by atoms with Crippen molar-refractivity contribution in [3.05, 3.63) is 88.5 Å². The maximum atomic E-state index is 13.0. The van der Waals surface area contributed by atoms with E-state index in [1.54, 1.807) is 30.3 Å². The Morgan fingerprint density at radius 3 is 2.04 bits per heavy atom. The lowest BCUT2D eigenvalue weighted by atomic mass is 9.83. The van der Waals surface area contributed by atoms with Gasteiger partial charge in [0.25, 0.3) is 0 Å². The van der Waals surface area contributed by atoms with Gasteiger partial charge in [-0.15, -0.1) is 0 Å². The van der Waals surface area contributed by atoms with Gasteiger partial charge in [-0.25, -0.2) is 0 Å². The van der Waals surface area contributed by atoms with Gasteiger partial charge in [-0.05, 0) is 31.2 Å². The van der Waals surface area contributed by atoms with Gasteiger partial charge in [-0.1, -0.05) is 42.0 Å². The Hall–Kier alpha value is -3.45. The SMILES string of the molecule is Cc1ccc(S(=O)(=O)Oc2c(N)ccc3c2C(=O)c2ccccc2C3=O)cc1. The summed E-state index contributed by atoms with van der Waals surface area (Å²) in [5, 5.41) is 0. The van der Waals surface area contributed by atoms with Crippen LogP contribution in [0.2, 0.25) is 0 Å². The molecule has 3 aromatic rings. The van der Waals surface area contributed by atoms with Crippen LogP contribution in [0.4, 0.5) is 5.69 Å². The second-order valence-electron chi connectivity index (χ2n) is 6.46. The van der Waals surface area contributed by atoms with E-state index in [4.69, 9.17) is 9.92 Å². The molecule has 0 unspecified atom stereocenters. The molecule has 0 bridgehead atoms. The maximum absolute atomic E-state index is 13.0. The lowest BCUT2D eigenvalue weighted by Crippen LogP contribution is -2.23. The van der Waals surface area contributed by atoms with E-state index in [-0.39, 0.29) is 44.4 Å². The Balaban J connectivity index is 1.87. The Morgan fingerprint density at radius 2 is 1.39 bits per heavy atom. The van der Waals surface area contributed by atoms with Crippen LogP contribution in [0, 0.1) is 6.92 Å². The number of aryl methyl sites for hydroxylation is 1. The molecule has 7 heteroatoms. The van der Waals surface area contributed by atoms with Crippen LogP contribution in [-0.2, 0) is 10.1 Å². The van der Waals surface area contributed by atoms with Gasteiger partial charge >= 0.3 is 10.1 Å². The van der Waals surface area contributed by atoms with Crippen molar-refractivity contribution in [3.8, 4) is 5.75 Å². The van der Waals surface area contributed by atoms with Crippen molar-refractivity contribution < 1.29 is 22.2 Å². The second kappa shape index (κ2) is 6.31. The summed E-state index contributed by atoms with van der Waals surface area (Å²) < 4.78 is 30.7. The van der Waals surface area contributed by atoms with Gasteiger partial charge in [0.1, 0.15) is 4.90 Å². The molecule has 0 aliphatic heterocycles. The summed E-state index contributed by atoms with van der Waals surface area (Å²) in [6.45, 7) is 1.82. The lowest BCUT2D eigenvalue weighted by molar-refractivity contribution is 0.0977. The Bertz CT molecular complexity index is 1240. The second-order valence-corrected chi connectivity index (χ2v) is 8.01. The molecule has 0 aromatic heterocycles. The van der Waals surface area contributed by atoms with E-state index in [9.17, 15) is 18.0 Å². The normalized spacial score (nSPS) is 13.0. The molecule has 0 spiro atoms. The third kappa shape index (κ3) is 2.76. The number of carbonyl (C=O) groups excluding carboxylic acids is 2. The molecule has 0 heterocycles. The summed E-state index contributed by atoms with van der Waals surface area (Å²) in [4.78, 5) is 25.7. The van der Waals surface area contributed by atoms with Crippen molar-refractivity contribution in [1.29, 1.82) is 0 Å². The van der Waals surface area contributed by atoms with E-state index in [1.807, 2.05) is 6.92 Å². The van der Waals surface area contributed by atoms with Crippen LogP contribution >= 0.6 is 0 Å². The van der Waals surface area contributed by atoms with E-state index < -0.39 is 15.9 Å². The summed E-state index contributed by atoms with van der Waals surface area (Å²) in [6.07, 6.45) is 0. The first-order valence-electron chi connectivity index (χ1n) is 8.41. The third-order valence-corrected chi connectivity index (χ3v) is 5.81. The number of rotatable bonds is 3. The molecule has 1 aliphatic rings. The molecule has 28 heavy (non-hydrogen) atoms. The largest absolute Gasteiger partial charge is 0.396 e. The molecule has 0 atom stereocenters. The fourth-order valence-electron chi connectivity index (χ4n) is 3.12. The Morgan fingerprint density at radius 1 is 0.786 bits per heavy atom. The Labute approximate surface area is 161 Å². The van der Waals surface area contributed by atoms with E-state index in [0.717, 1.165) is 5.56 Å². The van der Waals surface area contributed by atoms with Gasteiger partial charge in [-0.2, -0.15) is 8.42 Å². The molecular formula is C21H15NO5S. The van der Waals surface area contributed by atoms with Crippen LogP contribution in [0.15, 0.2) is 65.6 Å². The molecule has 4 rings (SSSR count). The quantitative estimate of drug-likeness (QED) is 0.424. The fraction of sp³-hybridized carbons (Fsp3) is 0.0476. The molecule has 0 fully saturated rings. The van der Waals surface area contributed by atoms with Crippen LogP contribution in [0.25, 0.3) is 0 Å². The lowest BCUT2D eigenvalue weighted by Gasteiger charge is -2.21. The number of hydrogen-bond acceptors (Lipinski definition) is 6. The van der Waals surface area contributed by atoms with Crippen molar-refractivity contribution >= 4 is 27.4 Å². The van der Waals surface area contributed by atoms with E-state index in [1.165, 1.54) is 30.3 Å². The highest BCUT2D eigenvalue weighted by Crippen LogP contribution is 2.38. The average molecular weight is 393 g/mol. The number of anilines is 1. The van der Waals surface area contributed by atoms with Crippen LogP contribution in [0.5, 0.6) is 5.75 Å². The number of fused-ring (bicyclic) bond motifs is 2. The minimum absolute atomic E-state index is 0.0463. The predicted octanol–water partition coefficient (Wildman–Crippen LogP) is 3.12. The molecular weight excluding hydrogens is 378 g/mol. The third-order valence-electron chi connectivity index (χ3n) is 4.58. The zero-order chi connectivity index (χ0) is 20.1. The minimum atomic E-state index is -4.25. The summed E-state index contributed by atoms with van der Waals surface area (Å²) in [6, 6.07) is 15.2. The number of nitrogen functional groups attached to an aromatic ring is 1. The molecule has 0 saturated carbocycles. The number of ketones is 2. The average Bonchev–Trinajstić information content (AvgIpc) is 2.68. The van der Waals surface area contributed by atoms with Gasteiger partial charge in [0.2, 0.25) is 0 Å². The number of benzene rings is 3. The molecule has 0 amide bonds. The molecule has 3 aromatic carbocycles. The molecule has 6 nitrogen and oxygen atoms in total. The summed E-state index contributed by atoms with van der Waals surface area (Å²) in [5.74, 6) is -1.22. The minimum Gasteiger partial charge on any atom is -0.396 e. The van der Waals surface area contributed by atoms with Gasteiger partial charge < -0.3 is 9.92 Å². The standard InChI is InChI=1S/C21H15NO5S/c1-12-6-8-13(9-7-12)28(25,26)27-21-17(22)11-10-16-18(21)20(24)15-5-3-2-4-14(15)19(16)23/h2-11H,22H2,1H3. The van der Waals surface area contributed by atoms with Gasteiger partial charge in [-0.3, -0.25) is 9.59 Å². The topological polar surface area (TPSA) is 104 Å². The molecule has 140 valence electrons. The highest BCUT2D eigenvalue weighted by atomic mass is 32.2. The van der Waals surface area contributed by atoms with Gasteiger partial charge in [0.05, 0.1) is 11.3 Å². The van der Waals surface area contributed by atoms with Crippen LogP contribution < -0.4 is 9.92 Å². The summed E-state index contributed by atoms with van der Waals surface area (Å²) >= 11 is 0. The first-order valence-corrected chi connectivity index (χ1v) is 9.82. The van der Waals surface area contributed by atoms with Crippen molar-refractivity contribution in [1.82, 2.24) is 0 Å². The smallest absolute Gasteiger partial charge is 0.339 e. The van der Waals surface area contributed by atoms with Crippen LogP contribution in [-0.4, -0.2) is 20.0 Å². The monoisotopic (exact) mass is 393 g/mol. The van der Waals surface area contributed by atoms with Crippen molar-refractivity contribution in [2.24, 2.45) is 0 Å². The van der Waals surface area contributed by atoms with E-state index >= 15 is 0 Å². The molecule has 0 saturated heterocycles. The zero-order valence-corrected chi connectivity index (χ0v) is 15.6. The first kappa shape index (κ1) is 17.9. The van der Waals surface area contributed by atoms with Crippen molar-refractivity contribution in [3.63, 3.8) is 0 Å². The predicted molar refractivity (Wildman–Crippen MR) is 103 cm³/mol. The Kier molecular flexibility index (Phi) is 4.05. The fourth-order valence-corrected chi connectivity index (χ4v) is 4.09. The van der Waals surface area contributed by atoms with Crippen molar-refractivity contribution in [2.45, 2.75) is 11.8 Å². The molecule has 1 aliphatic carbocycles. The van der Waals surface area contributed by atoms with E-state index in [2.05, 4.69) is 0 Å². The van der Waals surface area contributed by atoms with Gasteiger partial charge in [0.15, 0.2) is 17.3 Å². The van der Waals surface area contributed by atoms with Gasteiger partial charge in [0, 0.05) is 16.7 Å². The number of nitrogens with two attached hydrogens (primary N) is 1. The highest BCUT2D eigenvalue weighted by molar-refractivity contribution is 7.87. The number of carbonyl (C=O) groups is 2. The van der Waals surface area contributed by atoms with E-state index in [0.29, 0.717) is 0 Å². The summed E-state index contributed by atoms with van der Waals surface area (Å²) in [7, 11) is -4.25. The van der Waals surface area contributed by atoms with Crippen LogP contribution in [0.1, 0.15) is 37.4 Å². The summed E-state index contributed by atoms with van der Waals surface area (Å²) in [5.41, 5.74) is 7.13. The first-order chi connectivity index (χ1) is 13.3. The molecule has 0 radical (unpaired) electrons.